The minimum Gasteiger partial charge on any atom is -0.399 e. The van der Waals surface area contributed by atoms with E-state index in [-0.39, 0.29) is 5.92 Å². The maximum atomic E-state index is 6.13. The topological polar surface area (TPSA) is 52.0 Å². The molecule has 0 aliphatic carbocycles. The Balaban J connectivity index is 2.17. The largest absolute Gasteiger partial charge is 0.399 e. The predicted octanol–water partition coefficient (Wildman–Crippen LogP) is 5.16. The van der Waals surface area contributed by atoms with Crippen LogP contribution in [0.1, 0.15) is 47.6 Å². The Morgan fingerprint density at radius 1 is 0.640 bits per heavy atom. The van der Waals surface area contributed by atoms with Crippen molar-refractivity contribution in [2.75, 3.05) is 11.5 Å². The lowest BCUT2D eigenvalue weighted by molar-refractivity contribution is 0.961. The summed E-state index contributed by atoms with van der Waals surface area (Å²) in [4.78, 5) is 0. The number of hydrogen-bond donors (Lipinski definition) is 2. The zero-order chi connectivity index (χ0) is 17.8. The van der Waals surface area contributed by atoms with Gasteiger partial charge in [0.15, 0.2) is 0 Å². The van der Waals surface area contributed by atoms with E-state index in [9.17, 15) is 0 Å². The van der Waals surface area contributed by atoms with Gasteiger partial charge in [-0.3, -0.25) is 0 Å². The second-order valence-electron chi connectivity index (χ2n) is 6.47. The van der Waals surface area contributed by atoms with E-state index in [2.05, 4.69) is 68.4 Å². The molecule has 3 rings (SSSR count). The molecule has 128 valence electrons. The van der Waals surface area contributed by atoms with E-state index in [1.807, 2.05) is 12.1 Å². The van der Waals surface area contributed by atoms with Gasteiger partial charge < -0.3 is 11.5 Å². The monoisotopic (exact) mass is 330 g/mol. The predicted molar refractivity (Wildman–Crippen MR) is 108 cm³/mol. The van der Waals surface area contributed by atoms with Crippen LogP contribution >= 0.6 is 0 Å². The molecule has 25 heavy (non-hydrogen) atoms. The molecule has 2 nitrogen and oxygen atoms in total. The molecule has 0 heterocycles. The minimum absolute atomic E-state index is 0.179. The summed E-state index contributed by atoms with van der Waals surface area (Å²) in [5.74, 6) is 0.179. The maximum Gasteiger partial charge on any atom is 0.0346 e. The Labute approximate surface area is 150 Å². The highest BCUT2D eigenvalue weighted by molar-refractivity contribution is 5.55. The highest BCUT2D eigenvalue weighted by atomic mass is 14.6. The molecule has 0 amide bonds. The maximum absolute atomic E-state index is 6.13. The van der Waals surface area contributed by atoms with Gasteiger partial charge in [-0.05, 0) is 52.8 Å². The van der Waals surface area contributed by atoms with Gasteiger partial charge in [0.2, 0.25) is 0 Å². The first-order chi connectivity index (χ1) is 12.1. The van der Waals surface area contributed by atoms with Crippen molar-refractivity contribution in [3.63, 3.8) is 0 Å². The summed E-state index contributed by atoms with van der Waals surface area (Å²) < 4.78 is 0. The number of aryl methyl sites for hydroxylation is 2. The Morgan fingerprint density at radius 3 is 1.56 bits per heavy atom. The number of rotatable bonds is 5. The van der Waals surface area contributed by atoms with E-state index >= 15 is 0 Å². The fourth-order valence-corrected chi connectivity index (χ4v) is 3.45. The lowest BCUT2D eigenvalue weighted by Crippen LogP contribution is -2.06. The van der Waals surface area contributed by atoms with Crippen LogP contribution in [0.25, 0.3) is 0 Å². The Morgan fingerprint density at radius 2 is 1.12 bits per heavy atom. The second kappa shape index (κ2) is 7.43. The smallest absolute Gasteiger partial charge is 0.0346 e. The third kappa shape index (κ3) is 3.53. The summed E-state index contributed by atoms with van der Waals surface area (Å²) in [6.07, 6.45) is 1.87. The average molecular weight is 330 g/mol. The summed E-state index contributed by atoms with van der Waals surface area (Å²) in [6, 6.07) is 23.5. The molecule has 0 saturated carbocycles. The molecule has 0 unspecified atom stereocenters. The van der Waals surface area contributed by atoms with Crippen LogP contribution < -0.4 is 11.5 Å². The van der Waals surface area contributed by atoms with E-state index in [1.54, 1.807) is 0 Å². The molecular formula is C23H26N2. The Kier molecular flexibility index (Phi) is 5.08. The molecule has 0 bridgehead atoms. The quantitative estimate of drug-likeness (QED) is 0.502. The molecule has 4 N–H and O–H groups in total. The molecule has 0 aromatic heterocycles. The molecule has 3 aromatic carbocycles. The highest BCUT2D eigenvalue weighted by Crippen LogP contribution is 2.34. The van der Waals surface area contributed by atoms with Crippen molar-refractivity contribution in [3.05, 3.63) is 94.5 Å². The van der Waals surface area contributed by atoms with Crippen LogP contribution in [0.3, 0.4) is 0 Å². The van der Waals surface area contributed by atoms with Gasteiger partial charge in [0, 0.05) is 17.3 Å². The SMILES string of the molecule is CCc1cc(C(c2ccccc2)c2ccc(N)c(CC)c2)ccc1N. The van der Waals surface area contributed by atoms with Gasteiger partial charge in [-0.15, -0.1) is 0 Å². The van der Waals surface area contributed by atoms with Gasteiger partial charge >= 0.3 is 0 Å². The number of anilines is 2. The normalized spacial score (nSPS) is 11.0. The molecule has 0 saturated heterocycles. The number of benzene rings is 3. The lowest BCUT2D eigenvalue weighted by atomic mass is 9.83. The zero-order valence-corrected chi connectivity index (χ0v) is 15.0. The lowest BCUT2D eigenvalue weighted by Gasteiger charge is -2.21. The van der Waals surface area contributed by atoms with E-state index in [4.69, 9.17) is 11.5 Å². The van der Waals surface area contributed by atoms with Gasteiger partial charge in [0.1, 0.15) is 0 Å². The van der Waals surface area contributed by atoms with Crippen LogP contribution in [-0.4, -0.2) is 0 Å². The van der Waals surface area contributed by atoms with Gasteiger partial charge in [-0.1, -0.05) is 68.4 Å². The minimum atomic E-state index is 0.179. The molecule has 0 aliphatic heterocycles. The third-order valence-electron chi connectivity index (χ3n) is 4.90. The van der Waals surface area contributed by atoms with Crippen molar-refractivity contribution < 1.29 is 0 Å². The van der Waals surface area contributed by atoms with Crippen LogP contribution in [0.2, 0.25) is 0 Å². The van der Waals surface area contributed by atoms with Crippen LogP contribution in [0, 0.1) is 0 Å². The van der Waals surface area contributed by atoms with Crippen molar-refractivity contribution in [2.45, 2.75) is 32.6 Å². The van der Waals surface area contributed by atoms with Crippen LogP contribution in [0.5, 0.6) is 0 Å². The highest BCUT2D eigenvalue weighted by Gasteiger charge is 2.18. The number of nitrogen functional groups attached to an aromatic ring is 2. The molecule has 0 fully saturated rings. The third-order valence-corrected chi connectivity index (χ3v) is 4.90. The molecule has 0 spiro atoms. The summed E-state index contributed by atoms with van der Waals surface area (Å²) in [7, 11) is 0. The van der Waals surface area contributed by atoms with Crippen LogP contribution in [0.15, 0.2) is 66.7 Å². The van der Waals surface area contributed by atoms with Gasteiger partial charge in [0.05, 0.1) is 0 Å². The molecule has 2 heteroatoms. The summed E-state index contributed by atoms with van der Waals surface area (Å²) in [5, 5.41) is 0. The number of hydrogen-bond acceptors (Lipinski definition) is 2. The first-order valence-corrected chi connectivity index (χ1v) is 8.95. The van der Waals surface area contributed by atoms with E-state index < -0.39 is 0 Å². The summed E-state index contributed by atoms with van der Waals surface area (Å²) in [6.45, 7) is 4.29. The van der Waals surface area contributed by atoms with Gasteiger partial charge in [-0.2, -0.15) is 0 Å². The van der Waals surface area contributed by atoms with Gasteiger partial charge in [0.25, 0.3) is 0 Å². The summed E-state index contributed by atoms with van der Waals surface area (Å²) >= 11 is 0. The molecule has 3 aromatic rings. The van der Waals surface area contributed by atoms with Crippen molar-refractivity contribution in [2.24, 2.45) is 0 Å². The number of nitrogens with two attached hydrogens (primary N) is 2. The molecule has 0 atom stereocenters. The Hall–Kier alpha value is -2.74. The van der Waals surface area contributed by atoms with E-state index in [0.717, 1.165) is 24.2 Å². The zero-order valence-electron chi connectivity index (χ0n) is 15.0. The van der Waals surface area contributed by atoms with E-state index in [0.29, 0.717) is 0 Å². The standard InChI is InChI=1S/C23H26N2/c1-3-16-14-19(10-12-21(16)24)23(18-8-6-5-7-9-18)20-11-13-22(25)17(4-2)15-20/h5-15,23H,3-4,24-25H2,1-2H3. The van der Waals surface area contributed by atoms with Crippen molar-refractivity contribution >= 4 is 11.4 Å². The molecular weight excluding hydrogens is 304 g/mol. The van der Waals surface area contributed by atoms with Crippen molar-refractivity contribution in [1.29, 1.82) is 0 Å². The first-order valence-electron chi connectivity index (χ1n) is 8.95. The van der Waals surface area contributed by atoms with Crippen LogP contribution in [0.4, 0.5) is 11.4 Å². The van der Waals surface area contributed by atoms with Crippen LogP contribution in [-0.2, 0) is 12.8 Å². The second-order valence-corrected chi connectivity index (χ2v) is 6.47. The fourth-order valence-electron chi connectivity index (χ4n) is 3.45. The van der Waals surface area contributed by atoms with Crippen molar-refractivity contribution in [3.8, 4) is 0 Å². The molecule has 0 aliphatic rings. The fraction of sp³-hybridized carbons (Fsp3) is 0.217. The van der Waals surface area contributed by atoms with E-state index in [1.165, 1.54) is 27.8 Å². The average Bonchev–Trinajstić information content (AvgIpc) is 2.65. The first kappa shape index (κ1) is 17.1. The summed E-state index contributed by atoms with van der Waals surface area (Å²) in [5.41, 5.74) is 20.2. The van der Waals surface area contributed by atoms with Gasteiger partial charge in [-0.25, -0.2) is 0 Å². The molecule has 0 radical (unpaired) electrons. The van der Waals surface area contributed by atoms with Crippen molar-refractivity contribution in [1.82, 2.24) is 0 Å². The Bertz CT molecular complexity index is 800.